The van der Waals surface area contributed by atoms with Gasteiger partial charge in [0.2, 0.25) is 11.8 Å². The van der Waals surface area contributed by atoms with Gasteiger partial charge in [0, 0.05) is 37.3 Å². The lowest BCUT2D eigenvalue weighted by Crippen LogP contribution is -2.27. The lowest BCUT2D eigenvalue weighted by Gasteiger charge is -2.19. The van der Waals surface area contributed by atoms with Crippen LogP contribution in [0.15, 0.2) is 35.7 Å². The first kappa shape index (κ1) is 18.1. The quantitative estimate of drug-likeness (QED) is 0.819. The van der Waals surface area contributed by atoms with Gasteiger partial charge < -0.3 is 15.5 Å². The summed E-state index contributed by atoms with van der Waals surface area (Å²) in [6.45, 7) is 2.95. The molecule has 2 heterocycles. The van der Waals surface area contributed by atoms with Crippen LogP contribution in [0, 0.1) is 6.92 Å². The minimum atomic E-state index is -0.166. The molecule has 1 aromatic heterocycles. The van der Waals surface area contributed by atoms with Crippen molar-refractivity contribution in [2.24, 2.45) is 0 Å². The molecule has 1 aliphatic heterocycles. The van der Waals surface area contributed by atoms with E-state index in [1.807, 2.05) is 30.5 Å². The summed E-state index contributed by atoms with van der Waals surface area (Å²) in [5.74, 6) is -0.185. The molecule has 26 heavy (non-hydrogen) atoms. The van der Waals surface area contributed by atoms with Gasteiger partial charge in [0.1, 0.15) is 0 Å². The number of hydrogen-bond acceptors (Lipinski definition) is 4. The Kier molecular flexibility index (Phi) is 5.68. The average Bonchev–Trinajstić information content (AvgIpc) is 3.27. The molecule has 2 N–H and O–H groups in total. The summed E-state index contributed by atoms with van der Waals surface area (Å²) < 4.78 is 0. The van der Waals surface area contributed by atoms with Crippen molar-refractivity contribution in [1.29, 1.82) is 0 Å². The van der Waals surface area contributed by atoms with Crippen LogP contribution < -0.4 is 15.5 Å². The maximum absolute atomic E-state index is 12.1. The molecule has 3 amide bonds. The molecule has 2 aromatic rings. The monoisotopic (exact) mass is 371 g/mol. The number of nitrogens with one attached hydrogen (secondary N) is 2. The average molecular weight is 371 g/mol. The van der Waals surface area contributed by atoms with E-state index in [1.54, 1.807) is 17.0 Å². The van der Waals surface area contributed by atoms with Crippen LogP contribution in [0.5, 0.6) is 0 Å². The summed E-state index contributed by atoms with van der Waals surface area (Å²) in [6, 6.07) is 9.09. The second-order valence-electron chi connectivity index (χ2n) is 6.18. The Labute approximate surface area is 156 Å². The molecular formula is C19H21N3O3S. The molecule has 1 aliphatic rings. The van der Waals surface area contributed by atoms with Crippen LogP contribution in [0.2, 0.25) is 0 Å². The summed E-state index contributed by atoms with van der Waals surface area (Å²) in [4.78, 5) is 38.2. The van der Waals surface area contributed by atoms with E-state index in [4.69, 9.17) is 0 Å². The van der Waals surface area contributed by atoms with Crippen molar-refractivity contribution in [2.45, 2.75) is 26.2 Å². The molecule has 6 nitrogen and oxygen atoms in total. The van der Waals surface area contributed by atoms with Crippen molar-refractivity contribution >= 4 is 40.4 Å². The van der Waals surface area contributed by atoms with Crippen LogP contribution in [0.4, 0.5) is 11.4 Å². The third-order valence-corrected chi connectivity index (χ3v) is 5.10. The second-order valence-corrected chi connectivity index (χ2v) is 7.13. The van der Waals surface area contributed by atoms with Crippen molar-refractivity contribution in [3.8, 4) is 0 Å². The highest BCUT2D eigenvalue weighted by molar-refractivity contribution is 7.12. The van der Waals surface area contributed by atoms with E-state index >= 15 is 0 Å². The van der Waals surface area contributed by atoms with Crippen LogP contribution in [0.25, 0.3) is 0 Å². The summed E-state index contributed by atoms with van der Waals surface area (Å²) in [7, 11) is 0. The lowest BCUT2D eigenvalue weighted by atomic mass is 10.1. The Bertz CT molecular complexity index is 817. The second kappa shape index (κ2) is 8.14. The fraction of sp³-hybridized carbons (Fsp3) is 0.316. The summed E-state index contributed by atoms with van der Waals surface area (Å²) in [5, 5.41) is 7.40. The van der Waals surface area contributed by atoms with E-state index in [1.165, 1.54) is 11.3 Å². The number of rotatable bonds is 6. The molecule has 136 valence electrons. The number of nitrogens with zero attached hydrogens (tertiary/aromatic N) is 1. The molecule has 0 radical (unpaired) electrons. The van der Waals surface area contributed by atoms with Gasteiger partial charge in [0.05, 0.1) is 4.88 Å². The number of aryl methyl sites for hydroxylation is 1. The van der Waals surface area contributed by atoms with Gasteiger partial charge in [0.15, 0.2) is 0 Å². The maximum Gasteiger partial charge on any atom is 0.261 e. The van der Waals surface area contributed by atoms with E-state index in [9.17, 15) is 14.4 Å². The van der Waals surface area contributed by atoms with E-state index in [-0.39, 0.29) is 30.7 Å². The SMILES string of the molecule is Cc1cc(NC(=O)CCNC(=O)c2cccs2)ccc1N1CCCC1=O. The summed E-state index contributed by atoms with van der Waals surface area (Å²) in [6.07, 6.45) is 1.67. The molecule has 3 rings (SSSR count). The topological polar surface area (TPSA) is 78.5 Å². The number of carbonyl (C=O) groups is 3. The van der Waals surface area contributed by atoms with Gasteiger partial charge in [-0.15, -0.1) is 11.3 Å². The highest BCUT2D eigenvalue weighted by Crippen LogP contribution is 2.27. The molecule has 0 unspecified atom stereocenters. The fourth-order valence-corrected chi connectivity index (χ4v) is 3.59. The predicted molar refractivity (Wildman–Crippen MR) is 103 cm³/mol. The smallest absolute Gasteiger partial charge is 0.261 e. The van der Waals surface area contributed by atoms with E-state index in [0.29, 0.717) is 17.0 Å². The standard InChI is InChI=1S/C19H21N3O3S/c1-13-12-14(6-7-15(13)22-10-2-5-18(22)24)21-17(23)8-9-20-19(25)16-4-3-11-26-16/h3-4,6-7,11-12H,2,5,8-10H2,1H3,(H,20,25)(H,21,23). The van der Waals surface area contributed by atoms with Crippen molar-refractivity contribution in [2.75, 3.05) is 23.3 Å². The molecule has 1 saturated heterocycles. The molecule has 7 heteroatoms. The first-order chi connectivity index (χ1) is 12.5. The third kappa shape index (κ3) is 4.29. The number of benzene rings is 1. The van der Waals surface area contributed by atoms with Crippen LogP contribution >= 0.6 is 11.3 Å². The van der Waals surface area contributed by atoms with Gasteiger partial charge in [-0.2, -0.15) is 0 Å². The number of amides is 3. The summed E-state index contributed by atoms with van der Waals surface area (Å²) in [5.41, 5.74) is 2.53. The Morgan fingerprint density at radius 2 is 2.12 bits per heavy atom. The van der Waals surface area contributed by atoms with E-state index in [2.05, 4.69) is 10.6 Å². The Morgan fingerprint density at radius 1 is 1.27 bits per heavy atom. The fourth-order valence-electron chi connectivity index (χ4n) is 2.95. The minimum Gasteiger partial charge on any atom is -0.351 e. The molecule has 1 aromatic carbocycles. The highest BCUT2D eigenvalue weighted by Gasteiger charge is 2.23. The van der Waals surface area contributed by atoms with Crippen LogP contribution in [-0.4, -0.2) is 30.8 Å². The molecule has 0 spiro atoms. The largest absolute Gasteiger partial charge is 0.351 e. The van der Waals surface area contributed by atoms with Crippen molar-refractivity contribution < 1.29 is 14.4 Å². The molecule has 0 saturated carbocycles. The van der Waals surface area contributed by atoms with Gasteiger partial charge in [-0.3, -0.25) is 14.4 Å². The van der Waals surface area contributed by atoms with Gasteiger partial charge in [-0.05, 0) is 48.6 Å². The first-order valence-electron chi connectivity index (χ1n) is 8.57. The number of anilines is 2. The number of carbonyl (C=O) groups excluding carboxylic acids is 3. The maximum atomic E-state index is 12.1. The van der Waals surface area contributed by atoms with Crippen LogP contribution in [-0.2, 0) is 9.59 Å². The Hall–Kier alpha value is -2.67. The van der Waals surface area contributed by atoms with Crippen molar-refractivity contribution in [3.63, 3.8) is 0 Å². The van der Waals surface area contributed by atoms with Gasteiger partial charge in [-0.1, -0.05) is 6.07 Å². The summed E-state index contributed by atoms with van der Waals surface area (Å²) >= 11 is 1.37. The molecule has 0 aliphatic carbocycles. The molecule has 0 atom stereocenters. The van der Waals surface area contributed by atoms with E-state index < -0.39 is 0 Å². The van der Waals surface area contributed by atoms with Crippen molar-refractivity contribution in [1.82, 2.24) is 5.32 Å². The molecule has 1 fully saturated rings. The molecular weight excluding hydrogens is 350 g/mol. The predicted octanol–water partition coefficient (Wildman–Crippen LogP) is 2.94. The van der Waals surface area contributed by atoms with Crippen LogP contribution in [0.3, 0.4) is 0 Å². The van der Waals surface area contributed by atoms with E-state index in [0.717, 1.165) is 24.2 Å². The lowest BCUT2D eigenvalue weighted by molar-refractivity contribution is -0.117. The Morgan fingerprint density at radius 3 is 2.77 bits per heavy atom. The van der Waals surface area contributed by atoms with Gasteiger partial charge in [0.25, 0.3) is 5.91 Å². The normalized spacial score (nSPS) is 13.7. The zero-order chi connectivity index (χ0) is 18.5. The highest BCUT2D eigenvalue weighted by atomic mass is 32.1. The van der Waals surface area contributed by atoms with Crippen molar-refractivity contribution in [3.05, 3.63) is 46.2 Å². The number of thiophene rings is 1. The van der Waals surface area contributed by atoms with Gasteiger partial charge in [-0.25, -0.2) is 0 Å². The van der Waals surface area contributed by atoms with Gasteiger partial charge >= 0.3 is 0 Å². The first-order valence-corrected chi connectivity index (χ1v) is 9.45. The zero-order valence-corrected chi connectivity index (χ0v) is 15.4. The Balaban J connectivity index is 1.50. The third-order valence-electron chi connectivity index (χ3n) is 4.23. The zero-order valence-electron chi connectivity index (χ0n) is 14.6. The number of hydrogen-bond donors (Lipinski definition) is 2. The molecule has 0 bridgehead atoms. The van der Waals surface area contributed by atoms with Crippen LogP contribution in [0.1, 0.15) is 34.5 Å². The minimum absolute atomic E-state index is 0.145.